The number of aromatic hydroxyl groups is 1. The van der Waals surface area contributed by atoms with Gasteiger partial charge in [-0.1, -0.05) is 30.3 Å². The zero-order chi connectivity index (χ0) is 14.8. The summed E-state index contributed by atoms with van der Waals surface area (Å²) in [6.07, 6.45) is -5.50. The van der Waals surface area contributed by atoms with Gasteiger partial charge in [0.2, 0.25) is 0 Å². The van der Waals surface area contributed by atoms with Crippen molar-refractivity contribution in [3.63, 3.8) is 0 Å². The molecule has 1 unspecified atom stereocenters. The molecular weight excluding hydrogens is 272 g/mol. The van der Waals surface area contributed by atoms with E-state index in [-0.39, 0.29) is 11.3 Å². The molecule has 20 heavy (non-hydrogen) atoms. The number of halogens is 4. The smallest absolute Gasteiger partial charge is 0.390 e. The molecule has 0 radical (unpaired) electrons. The van der Waals surface area contributed by atoms with Crippen LogP contribution in [-0.4, -0.2) is 11.3 Å². The molecule has 0 fully saturated rings. The third kappa shape index (κ3) is 3.50. The predicted octanol–water partition coefficient (Wildman–Crippen LogP) is 4.62. The first-order valence-electron chi connectivity index (χ1n) is 5.97. The first kappa shape index (κ1) is 14.4. The molecule has 2 rings (SSSR count). The largest absolute Gasteiger partial charge is 0.508 e. The lowest BCUT2D eigenvalue weighted by Crippen LogP contribution is -2.15. The van der Waals surface area contributed by atoms with Gasteiger partial charge in [0.15, 0.2) is 0 Å². The Balaban J connectivity index is 2.45. The van der Waals surface area contributed by atoms with Crippen molar-refractivity contribution in [3.05, 3.63) is 65.5 Å². The van der Waals surface area contributed by atoms with Gasteiger partial charge in [0.25, 0.3) is 0 Å². The lowest BCUT2D eigenvalue weighted by molar-refractivity contribution is -0.136. The van der Waals surface area contributed by atoms with E-state index in [4.69, 9.17) is 0 Å². The third-order valence-electron chi connectivity index (χ3n) is 3.02. The number of hydrogen-bond acceptors (Lipinski definition) is 1. The molecule has 0 aliphatic heterocycles. The first-order chi connectivity index (χ1) is 9.37. The molecule has 1 nitrogen and oxygen atoms in total. The Morgan fingerprint density at radius 2 is 1.55 bits per heavy atom. The Labute approximate surface area is 113 Å². The fourth-order valence-electron chi connectivity index (χ4n) is 2.12. The van der Waals surface area contributed by atoms with Gasteiger partial charge in [-0.15, -0.1) is 0 Å². The van der Waals surface area contributed by atoms with Crippen LogP contribution in [0.1, 0.15) is 23.5 Å². The van der Waals surface area contributed by atoms with Crippen LogP contribution in [0.15, 0.2) is 48.5 Å². The maximum absolute atomic E-state index is 12.9. The SMILES string of the molecule is Oc1ccccc1C(CC(F)(F)F)c1ccc(F)cc1. The summed E-state index contributed by atoms with van der Waals surface area (Å²) in [7, 11) is 0. The lowest BCUT2D eigenvalue weighted by atomic mass is 9.88. The van der Waals surface area contributed by atoms with Crippen LogP contribution in [0.25, 0.3) is 0 Å². The Hall–Kier alpha value is -2.04. The minimum absolute atomic E-state index is 0.177. The quantitative estimate of drug-likeness (QED) is 0.816. The fraction of sp³-hybridized carbons (Fsp3) is 0.200. The highest BCUT2D eigenvalue weighted by atomic mass is 19.4. The van der Waals surface area contributed by atoms with Crippen LogP contribution in [0.2, 0.25) is 0 Å². The summed E-state index contributed by atoms with van der Waals surface area (Å²) < 4.78 is 51.1. The lowest BCUT2D eigenvalue weighted by Gasteiger charge is -2.20. The number of rotatable bonds is 3. The van der Waals surface area contributed by atoms with Crippen molar-refractivity contribution >= 4 is 0 Å². The molecule has 0 aliphatic rings. The number of hydrogen-bond donors (Lipinski definition) is 1. The van der Waals surface area contributed by atoms with Crippen LogP contribution < -0.4 is 0 Å². The zero-order valence-electron chi connectivity index (χ0n) is 10.4. The van der Waals surface area contributed by atoms with Crippen molar-refractivity contribution in [1.82, 2.24) is 0 Å². The van der Waals surface area contributed by atoms with Crippen molar-refractivity contribution in [2.45, 2.75) is 18.5 Å². The Morgan fingerprint density at radius 1 is 0.950 bits per heavy atom. The number of benzene rings is 2. The molecule has 106 valence electrons. The normalized spacial score (nSPS) is 13.2. The van der Waals surface area contributed by atoms with Gasteiger partial charge in [-0.25, -0.2) is 4.39 Å². The van der Waals surface area contributed by atoms with E-state index >= 15 is 0 Å². The van der Waals surface area contributed by atoms with Crippen molar-refractivity contribution in [2.75, 3.05) is 0 Å². The Kier molecular flexibility index (Phi) is 3.97. The Bertz CT molecular complexity index is 575. The highest BCUT2D eigenvalue weighted by Crippen LogP contribution is 2.39. The molecule has 1 atom stereocenters. The fourth-order valence-corrected chi connectivity index (χ4v) is 2.12. The minimum Gasteiger partial charge on any atom is -0.508 e. The van der Waals surface area contributed by atoms with E-state index in [1.807, 2.05) is 0 Å². The minimum atomic E-state index is -4.39. The van der Waals surface area contributed by atoms with Gasteiger partial charge in [-0.3, -0.25) is 0 Å². The second-order valence-corrected chi connectivity index (χ2v) is 4.48. The maximum atomic E-state index is 12.9. The summed E-state index contributed by atoms with van der Waals surface area (Å²) in [6.45, 7) is 0. The second kappa shape index (κ2) is 5.53. The molecule has 0 bridgehead atoms. The van der Waals surface area contributed by atoms with E-state index in [1.54, 1.807) is 6.07 Å². The first-order valence-corrected chi connectivity index (χ1v) is 5.97. The second-order valence-electron chi connectivity index (χ2n) is 4.48. The molecule has 0 amide bonds. The zero-order valence-corrected chi connectivity index (χ0v) is 10.4. The van der Waals surface area contributed by atoms with Crippen LogP contribution in [-0.2, 0) is 0 Å². The summed E-state index contributed by atoms with van der Waals surface area (Å²) >= 11 is 0. The summed E-state index contributed by atoms with van der Waals surface area (Å²) in [5.74, 6) is -1.78. The molecule has 2 aromatic carbocycles. The maximum Gasteiger partial charge on any atom is 0.390 e. The standard InChI is InChI=1S/C15H12F4O/c16-11-7-5-10(6-8-11)13(9-15(17,18)19)12-3-1-2-4-14(12)20/h1-8,13,20H,9H2. The van der Waals surface area contributed by atoms with E-state index in [0.29, 0.717) is 5.56 Å². The van der Waals surface area contributed by atoms with Crippen LogP contribution in [0.4, 0.5) is 17.6 Å². The molecule has 5 heteroatoms. The van der Waals surface area contributed by atoms with Crippen LogP contribution in [0.3, 0.4) is 0 Å². The summed E-state index contributed by atoms with van der Waals surface area (Å²) in [4.78, 5) is 0. The number of phenols is 1. The number of para-hydroxylation sites is 1. The topological polar surface area (TPSA) is 20.2 Å². The number of alkyl halides is 3. The van der Waals surface area contributed by atoms with Gasteiger partial charge in [0, 0.05) is 11.5 Å². The van der Waals surface area contributed by atoms with E-state index in [0.717, 1.165) is 12.1 Å². The summed E-state index contributed by atoms with van der Waals surface area (Å²) in [5, 5.41) is 9.75. The van der Waals surface area contributed by atoms with E-state index in [9.17, 15) is 22.7 Å². The molecule has 0 saturated carbocycles. The van der Waals surface area contributed by atoms with E-state index in [1.165, 1.54) is 30.3 Å². The molecule has 0 aliphatic carbocycles. The molecule has 0 heterocycles. The van der Waals surface area contributed by atoms with Gasteiger partial charge in [-0.2, -0.15) is 13.2 Å². The average molecular weight is 284 g/mol. The highest BCUT2D eigenvalue weighted by Gasteiger charge is 2.34. The third-order valence-corrected chi connectivity index (χ3v) is 3.02. The van der Waals surface area contributed by atoms with Crippen LogP contribution in [0.5, 0.6) is 5.75 Å². The van der Waals surface area contributed by atoms with Crippen molar-refractivity contribution < 1.29 is 22.7 Å². The molecule has 2 aromatic rings. The van der Waals surface area contributed by atoms with Gasteiger partial charge >= 0.3 is 6.18 Å². The number of phenolic OH excluding ortho intramolecular Hbond substituents is 1. The molecule has 0 spiro atoms. The van der Waals surface area contributed by atoms with E-state index < -0.39 is 24.3 Å². The molecule has 0 saturated heterocycles. The van der Waals surface area contributed by atoms with Crippen molar-refractivity contribution in [1.29, 1.82) is 0 Å². The summed E-state index contributed by atoms with van der Waals surface area (Å²) in [6, 6.07) is 10.7. The molecule has 1 N–H and O–H groups in total. The van der Waals surface area contributed by atoms with Gasteiger partial charge in [-0.05, 0) is 23.8 Å². The van der Waals surface area contributed by atoms with Crippen molar-refractivity contribution in [2.24, 2.45) is 0 Å². The molecule has 0 aromatic heterocycles. The van der Waals surface area contributed by atoms with Gasteiger partial charge in [0.05, 0.1) is 6.42 Å². The highest BCUT2D eigenvalue weighted by molar-refractivity contribution is 5.41. The average Bonchev–Trinajstić information content (AvgIpc) is 2.37. The van der Waals surface area contributed by atoms with Crippen molar-refractivity contribution in [3.8, 4) is 5.75 Å². The summed E-state index contributed by atoms with van der Waals surface area (Å²) in [5.41, 5.74) is 0.488. The monoisotopic (exact) mass is 284 g/mol. The van der Waals surface area contributed by atoms with Crippen LogP contribution in [0, 0.1) is 5.82 Å². The van der Waals surface area contributed by atoms with Gasteiger partial charge < -0.3 is 5.11 Å². The predicted molar refractivity (Wildman–Crippen MR) is 67.0 cm³/mol. The van der Waals surface area contributed by atoms with Crippen LogP contribution >= 0.6 is 0 Å². The van der Waals surface area contributed by atoms with Gasteiger partial charge in [0.1, 0.15) is 11.6 Å². The molecular formula is C15H12F4O. The Morgan fingerprint density at radius 3 is 2.10 bits per heavy atom. The van der Waals surface area contributed by atoms with E-state index in [2.05, 4.69) is 0 Å².